The Morgan fingerprint density at radius 2 is 2.03 bits per heavy atom. The molecule has 1 aromatic carbocycles. The van der Waals surface area contributed by atoms with Crippen molar-refractivity contribution in [2.24, 2.45) is 5.92 Å². The first-order valence-electron chi connectivity index (χ1n) is 9.88. The number of piperidine rings is 1. The van der Waals surface area contributed by atoms with Crippen molar-refractivity contribution in [3.05, 3.63) is 54.6 Å². The molecule has 148 valence electrons. The lowest BCUT2D eigenvalue weighted by Crippen LogP contribution is -2.41. The largest absolute Gasteiger partial charge is 0.459 e. The average Bonchev–Trinajstić information content (AvgIpc) is 3.40. The van der Waals surface area contributed by atoms with Crippen LogP contribution < -0.4 is 10.2 Å². The molecule has 3 aromatic heterocycles. The molecule has 1 atom stereocenters. The first kappa shape index (κ1) is 17.7. The monoisotopic (exact) mass is 390 g/mol. The zero-order valence-corrected chi connectivity index (χ0v) is 16.2. The number of amides is 1. The second-order valence-corrected chi connectivity index (χ2v) is 7.50. The van der Waals surface area contributed by atoms with E-state index in [1.54, 1.807) is 10.8 Å². The highest BCUT2D eigenvalue weighted by atomic mass is 16.3. The Bertz CT molecular complexity index is 1130. The zero-order valence-electron chi connectivity index (χ0n) is 16.2. The van der Waals surface area contributed by atoms with Crippen LogP contribution in [0.15, 0.2) is 53.2 Å². The molecule has 5 rings (SSSR count). The van der Waals surface area contributed by atoms with E-state index in [9.17, 15) is 4.79 Å². The highest BCUT2D eigenvalue weighted by Gasteiger charge is 2.27. The van der Waals surface area contributed by atoms with Gasteiger partial charge in [0.15, 0.2) is 5.65 Å². The molecule has 0 bridgehead atoms. The van der Waals surface area contributed by atoms with E-state index in [4.69, 9.17) is 4.42 Å². The Morgan fingerprint density at radius 1 is 1.21 bits per heavy atom. The normalized spacial score (nSPS) is 16.4. The molecule has 1 saturated heterocycles. The predicted molar refractivity (Wildman–Crippen MR) is 108 cm³/mol. The highest BCUT2D eigenvalue weighted by Crippen LogP contribution is 2.26. The number of para-hydroxylation sites is 1. The molecule has 0 spiro atoms. The molecule has 1 unspecified atom stereocenters. The number of carbonyl (C=O) groups is 1. The third-order valence-corrected chi connectivity index (χ3v) is 5.57. The van der Waals surface area contributed by atoms with Crippen molar-refractivity contribution in [3.63, 3.8) is 0 Å². The van der Waals surface area contributed by atoms with Crippen molar-refractivity contribution in [2.75, 3.05) is 18.0 Å². The molecule has 1 aliphatic rings. The first-order valence-corrected chi connectivity index (χ1v) is 9.88. The van der Waals surface area contributed by atoms with Gasteiger partial charge in [0.25, 0.3) is 0 Å². The maximum atomic E-state index is 12.8. The van der Waals surface area contributed by atoms with Crippen LogP contribution in [0.2, 0.25) is 0 Å². The van der Waals surface area contributed by atoms with Gasteiger partial charge in [-0.25, -0.2) is 0 Å². The molecule has 4 aromatic rings. The Balaban J connectivity index is 1.20. The summed E-state index contributed by atoms with van der Waals surface area (Å²) < 4.78 is 7.55. The van der Waals surface area contributed by atoms with Crippen LogP contribution in [-0.4, -0.2) is 38.8 Å². The fourth-order valence-corrected chi connectivity index (χ4v) is 3.88. The molecule has 4 heterocycles. The SMILES string of the molecule is CC(NC(=O)C1CCN(c2ccc3nncn3n2)CC1)c1cc2ccccc2o1. The second-order valence-electron chi connectivity index (χ2n) is 7.50. The van der Waals surface area contributed by atoms with Crippen molar-refractivity contribution in [1.29, 1.82) is 0 Å². The number of hydrogen-bond acceptors (Lipinski definition) is 6. The minimum atomic E-state index is -0.161. The van der Waals surface area contributed by atoms with Gasteiger partial charge in [0.1, 0.15) is 23.5 Å². The number of fused-ring (bicyclic) bond motifs is 2. The fraction of sp³-hybridized carbons (Fsp3) is 0.333. The molecule has 8 nitrogen and oxygen atoms in total. The van der Waals surface area contributed by atoms with E-state index in [0.717, 1.165) is 54.1 Å². The van der Waals surface area contributed by atoms with E-state index < -0.39 is 0 Å². The number of aromatic nitrogens is 4. The van der Waals surface area contributed by atoms with Crippen LogP contribution in [0.1, 0.15) is 31.6 Å². The van der Waals surface area contributed by atoms with Crippen LogP contribution in [0.3, 0.4) is 0 Å². The van der Waals surface area contributed by atoms with Crippen molar-refractivity contribution < 1.29 is 9.21 Å². The van der Waals surface area contributed by atoms with Gasteiger partial charge >= 0.3 is 0 Å². The van der Waals surface area contributed by atoms with E-state index >= 15 is 0 Å². The Kier molecular flexibility index (Phi) is 4.38. The van der Waals surface area contributed by atoms with E-state index in [-0.39, 0.29) is 17.9 Å². The first-order chi connectivity index (χ1) is 14.2. The minimum Gasteiger partial charge on any atom is -0.459 e. The molecular weight excluding hydrogens is 368 g/mol. The van der Waals surface area contributed by atoms with Crippen molar-refractivity contribution in [1.82, 2.24) is 25.1 Å². The van der Waals surface area contributed by atoms with Crippen LogP contribution in [0.5, 0.6) is 0 Å². The number of carbonyl (C=O) groups excluding carboxylic acids is 1. The Hall–Kier alpha value is -3.42. The maximum Gasteiger partial charge on any atom is 0.223 e. The average molecular weight is 390 g/mol. The van der Waals surface area contributed by atoms with Crippen LogP contribution in [-0.2, 0) is 4.79 Å². The van der Waals surface area contributed by atoms with Crippen LogP contribution in [0.4, 0.5) is 5.82 Å². The number of nitrogens with one attached hydrogen (secondary N) is 1. The summed E-state index contributed by atoms with van der Waals surface area (Å²) in [5, 5.41) is 16.5. The topological polar surface area (TPSA) is 88.6 Å². The molecule has 1 N–H and O–H groups in total. The molecule has 0 aliphatic carbocycles. The van der Waals surface area contributed by atoms with Gasteiger partial charge in [0.2, 0.25) is 5.91 Å². The van der Waals surface area contributed by atoms with Crippen molar-refractivity contribution >= 4 is 28.3 Å². The molecule has 0 saturated carbocycles. The summed E-state index contributed by atoms with van der Waals surface area (Å²) in [5.41, 5.74) is 1.57. The number of nitrogens with zero attached hydrogens (tertiary/aromatic N) is 5. The van der Waals surface area contributed by atoms with E-state index in [0.29, 0.717) is 0 Å². The van der Waals surface area contributed by atoms with Crippen LogP contribution in [0.25, 0.3) is 16.6 Å². The number of rotatable bonds is 4. The molecule has 1 aliphatic heterocycles. The summed E-state index contributed by atoms with van der Waals surface area (Å²) in [5.74, 6) is 1.74. The number of hydrogen-bond donors (Lipinski definition) is 1. The van der Waals surface area contributed by atoms with Gasteiger partial charge in [0.05, 0.1) is 6.04 Å². The molecule has 1 amide bonds. The quantitative estimate of drug-likeness (QED) is 0.576. The Labute approximate surface area is 167 Å². The fourth-order valence-electron chi connectivity index (χ4n) is 3.88. The van der Waals surface area contributed by atoms with Gasteiger partial charge in [-0.15, -0.1) is 15.3 Å². The van der Waals surface area contributed by atoms with Gasteiger partial charge in [-0.2, -0.15) is 4.52 Å². The summed E-state index contributed by atoms with van der Waals surface area (Å²) in [4.78, 5) is 15.0. The van der Waals surface area contributed by atoms with Gasteiger partial charge in [-0.05, 0) is 44.0 Å². The van der Waals surface area contributed by atoms with Crippen molar-refractivity contribution in [3.8, 4) is 0 Å². The summed E-state index contributed by atoms with van der Waals surface area (Å²) in [7, 11) is 0. The van der Waals surface area contributed by atoms with E-state index in [1.807, 2.05) is 49.4 Å². The Morgan fingerprint density at radius 3 is 2.86 bits per heavy atom. The third kappa shape index (κ3) is 3.41. The van der Waals surface area contributed by atoms with Crippen molar-refractivity contribution in [2.45, 2.75) is 25.8 Å². The van der Waals surface area contributed by atoms with Gasteiger partial charge in [-0.3, -0.25) is 4.79 Å². The number of furan rings is 1. The van der Waals surface area contributed by atoms with E-state index in [1.165, 1.54) is 0 Å². The third-order valence-electron chi connectivity index (χ3n) is 5.57. The van der Waals surface area contributed by atoms with Crippen LogP contribution in [0, 0.1) is 5.92 Å². The number of benzene rings is 1. The lowest BCUT2D eigenvalue weighted by atomic mass is 9.95. The molecule has 8 heteroatoms. The maximum absolute atomic E-state index is 12.8. The summed E-state index contributed by atoms with van der Waals surface area (Å²) in [6, 6.07) is 13.6. The van der Waals surface area contributed by atoms with Gasteiger partial charge < -0.3 is 14.6 Å². The lowest BCUT2D eigenvalue weighted by molar-refractivity contribution is -0.126. The van der Waals surface area contributed by atoms with Gasteiger partial charge in [0, 0.05) is 24.4 Å². The molecule has 1 fully saturated rings. The van der Waals surface area contributed by atoms with Gasteiger partial charge in [-0.1, -0.05) is 18.2 Å². The lowest BCUT2D eigenvalue weighted by Gasteiger charge is -2.32. The number of anilines is 1. The second kappa shape index (κ2) is 7.20. The minimum absolute atomic E-state index is 0.00304. The smallest absolute Gasteiger partial charge is 0.223 e. The summed E-state index contributed by atoms with van der Waals surface area (Å²) >= 11 is 0. The predicted octanol–water partition coefficient (Wildman–Crippen LogP) is 2.96. The molecular formula is C21H22N6O2. The summed E-state index contributed by atoms with van der Waals surface area (Å²) in [6.07, 6.45) is 3.18. The highest BCUT2D eigenvalue weighted by molar-refractivity contribution is 5.80. The summed E-state index contributed by atoms with van der Waals surface area (Å²) in [6.45, 7) is 3.54. The molecule has 0 radical (unpaired) electrons. The zero-order chi connectivity index (χ0) is 19.8. The van der Waals surface area contributed by atoms with E-state index in [2.05, 4.69) is 25.5 Å². The van der Waals surface area contributed by atoms with Crippen LogP contribution >= 0.6 is 0 Å². The standard InChI is InChI=1S/C21H22N6O2/c1-14(18-12-16-4-2-3-5-17(16)29-18)23-21(28)15-8-10-26(11-9-15)20-7-6-19-24-22-13-27(19)25-20/h2-7,12-15H,8-11H2,1H3,(H,23,28). The molecule has 29 heavy (non-hydrogen) atoms.